The summed E-state index contributed by atoms with van der Waals surface area (Å²) in [6.07, 6.45) is 1.73. The van der Waals surface area contributed by atoms with Gasteiger partial charge in [0.1, 0.15) is 19.0 Å². The fourth-order valence-corrected chi connectivity index (χ4v) is 2.55. The smallest absolute Gasteiger partial charge is 0.276 e. The number of carbonyl (C=O) groups is 1. The first-order valence-electron chi connectivity index (χ1n) is 8.46. The van der Waals surface area contributed by atoms with Crippen molar-refractivity contribution in [2.45, 2.75) is 6.54 Å². The van der Waals surface area contributed by atoms with Gasteiger partial charge in [-0.15, -0.1) is 10.2 Å². The summed E-state index contributed by atoms with van der Waals surface area (Å²) in [7, 11) is 0. The third kappa shape index (κ3) is 4.12. The van der Waals surface area contributed by atoms with E-state index >= 15 is 0 Å². The molecule has 0 radical (unpaired) electrons. The zero-order valence-corrected chi connectivity index (χ0v) is 14.4. The summed E-state index contributed by atoms with van der Waals surface area (Å²) < 4.78 is 11.0. The van der Waals surface area contributed by atoms with E-state index in [4.69, 9.17) is 9.47 Å². The topological polar surface area (TPSA) is 98.3 Å². The molecule has 0 bridgehead atoms. The van der Waals surface area contributed by atoms with Crippen molar-refractivity contribution < 1.29 is 14.3 Å². The number of benzene rings is 1. The Bertz CT molecular complexity index is 932. The van der Waals surface area contributed by atoms with Crippen LogP contribution in [0, 0.1) is 0 Å². The highest BCUT2D eigenvalue weighted by Crippen LogP contribution is 2.32. The van der Waals surface area contributed by atoms with E-state index in [9.17, 15) is 4.79 Å². The summed E-state index contributed by atoms with van der Waals surface area (Å²) in [5.74, 6) is 1.49. The summed E-state index contributed by atoms with van der Waals surface area (Å²) in [6.45, 7) is 1.54. The fraction of sp³-hybridized carbons (Fsp3) is 0.158. The van der Waals surface area contributed by atoms with Crippen LogP contribution in [0.1, 0.15) is 16.2 Å². The second-order valence-electron chi connectivity index (χ2n) is 5.79. The van der Waals surface area contributed by atoms with Crippen molar-refractivity contribution in [3.8, 4) is 11.5 Å². The van der Waals surface area contributed by atoms with Gasteiger partial charge in [0, 0.05) is 18.0 Å². The van der Waals surface area contributed by atoms with Crippen molar-refractivity contribution in [1.29, 1.82) is 0 Å². The second kappa shape index (κ2) is 7.69. The molecule has 2 N–H and O–H groups in total. The van der Waals surface area contributed by atoms with Crippen LogP contribution in [0.4, 0.5) is 11.5 Å². The molecule has 0 saturated carbocycles. The number of rotatable bonds is 5. The third-order valence-corrected chi connectivity index (χ3v) is 3.87. The van der Waals surface area contributed by atoms with Crippen LogP contribution in [0.25, 0.3) is 0 Å². The Kier molecular flexibility index (Phi) is 4.78. The van der Waals surface area contributed by atoms with Gasteiger partial charge in [0.05, 0.1) is 12.2 Å². The highest BCUT2D eigenvalue weighted by molar-refractivity contribution is 6.02. The van der Waals surface area contributed by atoms with Crippen molar-refractivity contribution >= 4 is 17.4 Å². The van der Waals surface area contributed by atoms with E-state index in [1.54, 1.807) is 36.5 Å². The maximum Gasteiger partial charge on any atom is 0.276 e. The predicted octanol–water partition coefficient (Wildman–Crippen LogP) is 2.51. The molecule has 27 heavy (non-hydrogen) atoms. The Morgan fingerprint density at radius 1 is 1.00 bits per heavy atom. The van der Waals surface area contributed by atoms with Gasteiger partial charge in [0.15, 0.2) is 17.2 Å². The molecule has 0 aliphatic carbocycles. The largest absolute Gasteiger partial charge is 0.486 e. The predicted molar refractivity (Wildman–Crippen MR) is 99.0 cm³/mol. The lowest BCUT2D eigenvalue weighted by Crippen LogP contribution is -2.17. The van der Waals surface area contributed by atoms with Gasteiger partial charge in [0.25, 0.3) is 5.91 Å². The van der Waals surface area contributed by atoms with E-state index in [0.717, 1.165) is 5.69 Å². The van der Waals surface area contributed by atoms with Crippen LogP contribution < -0.4 is 20.1 Å². The molecule has 4 rings (SSSR count). The Morgan fingerprint density at radius 2 is 1.89 bits per heavy atom. The third-order valence-electron chi connectivity index (χ3n) is 3.87. The number of pyridine rings is 1. The molecular weight excluding hydrogens is 346 g/mol. The van der Waals surface area contributed by atoms with Crippen LogP contribution in [-0.4, -0.2) is 34.3 Å². The summed E-state index contributed by atoms with van der Waals surface area (Å²) in [5, 5.41) is 13.9. The highest BCUT2D eigenvalue weighted by Gasteiger charge is 2.14. The number of hydrogen-bond acceptors (Lipinski definition) is 7. The second-order valence-corrected chi connectivity index (χ2v) is 5.79. The molecule has 8 nitrogen and oxygen atoms in total. The van der Waals surface area contributed by atoms with E-state index < -0.39 is 0 Å². The molecule has 136 valence electrons. The van der Waals surface area contributed by atoms with E-state index in [0.29, 0.717) is 42.8 Å². The van der Waals surface area contributed by atoms with Gasteiger partial charge in [-0.25, -0.2) is 0 Å². The lowest BCUT2D eigenvalue weighted by molar-refractivity contribution is 0.102. The Morgan fingerprint density at radius 3 is 2.67 bits per heavy atom. The monoisotopic (exact) mass is 363 g/mol. The Hall–Kier alpha value is -3.68. The van der Waals surface area contributed by atoms with Crippen LogP contribution >= 0.6 is 0 Å². The molecule has 1 aliphatic heterocycles. The van der Waals surface area contributed by atoms with Crippen molar-refractivity contribution in [2.24, 2.45) is 0 Å². The molecule has 0 atom stereocenters. The van der Waals surface area contributed by atoms with Gasteiger partial charge in [0.2, 0.25) is 0 Å². The summed E-state index contributed by atoms with van der Waals surface area (Å²) in [6, 6.07) is 14.2. The molecule has 0 fully saturated rings. The van der Waals surface area contributed by atoms with Crippen LogP contribution in [0.2, 0.25) is 0 Å². The maximum atomic E-state index is 12.4. The zero-order valence-electron chi connectivity index (χ0n) is 14.4. The van der Waals surface area contributed by atoms with E-state index in [2.05, 4.69) is 25.8 Å². The number of aromatic nitrogens is 3. The molecule has 3 aromatic rings. The molecule has 0 spiro atoms. The van der Waals surface area contributed by atoms with Gasteiger partial charge in [-0.2, -0.15) is 0 Å². The first kappa shape index (κ1) is 16.8. The minimum atomic E-state index is -0.351. The zero-order chi connectivity index (χ0) is 18.5. The number of carbonyl (C=O) groups excluding carboxylic acids is 1. The fourth-order valence-electron chi connectivity index (χ4n) is 2.55. The minimum absolute atomic E-state index is 0.216. The average Bonchev–Trinajstić information content (AvgIpc) is 2.73. The SMILES string of the molecule is O=C(Nc1ccc2c(c1)OCCO2)c1ccc(NCc2ccccn2)nn1. The quantitative estimate of drug-likeness (QED) is 0.719. The Labute approximate surface area is 155 Å². The minimum Gasteiger partial charge on any atom is -0.486 e. The summed E-state index contributed by atoms with van der Waals surface area (Å²) in [4.78, 5) is 16.6. The van der Waals surface area contributed by atoms with Crippen LogP contribution in [0.15, 0.2) is 54.7 Å². The molecule has 0 unspecified atom stereocenters. The number of nitrogens with one attached hydrogen (secondary N) is 2. The lowest BCUT2D eigenvalue weighted by Gasteiger charge is -2.18. The number of amides is 1. The standard InChI is InChI=1S/C19H17N5O3/c25-19(22-13-4-6-16-17(11-13)27-10-9-26-16)15-5-7-18(24-23-15)21-12-14-3-1-2-8-20-14/h1-8,11H,9-10,12H2,(H,21,24)(H,22,25). The number of fused-ring (bicyclic) bond motifs is 1. The number of anilines is 2. The molecule has 1 amide bonds. The first-order valence-corrected chi connectivity index (χ1v) is 8.46. The summed E-state index contributed by atoms with van der Waals surface area (Å²) in [5.41, 5.74) is 1.71. The molecule has 3 heterocycles. The van der Waals surface area contributed by atoms with Crippen molar-refractivity contribution in [3.05, 3.63) is 66.1 Å². The summed E-state index contributed by atoms with van der Waals surface area (Å²) >= 11 is 0. The van der Waals surface area contributed by atoms with Crippen LogP contribution in [0.5, 0.6) is 11.5 Å². The first-order chi connectivity index (χ1) is 13.3. The van der Waals surface area contributed by atoms with Gasteiger partial charge in [-0.1, -0.05) is 6.07 Å². The number of ether oxygens (including phenoxy) is 2. The molecular formula is C19H17N5O3. The number of nitrogens with zero attached hydrogens (tertiary/aromatic N) is 3. The maximum absolute atomic E-state index is 12.4. The average molecular weight is 363 g/mol. The molecule has 1 aromatic carbocycles. The van der Waals surface area contributed by atoms with Gasteiger partial charge in [-0.05, 0) is 36.4 Å². The van der Waals surface area contributed by atoms with Gasteiger partial charge >= 0.3 is 0 Å². The van der Waals surface area contributed by atoms with Crippen molar-refractivity contribution in [1.82, 2.24) is 15.2 Å². The molecule has 0 saturated heterocycles. The normalized spacial score (nSPS) is 12.3. The molecule has 1 aliphatic rings. The van der Waals surface area contributed by atoms with Gasteiger partial charge in [-0.3, -0.25) is 9.78 Å². The molecule has 2 aromatic heterocycles. The van der Waals surface area contributed by atoms with Crippen LogP contribution in [0.3, 0.4) is 0 Å². The Balaban J connectivity index is 1.37. The van der Waals surface area contributed by atoms with E-state index in [-0.39, 0.29) is 11.6 Å². The molecule has 8 heteroatoms. The van der Waals surface area contributed by atoms with Crippen molar-refractivity contribution in [2.75, 3.05) is 23.8 Å². The van der Waals surface area contributed by atoms with Crippen LogP contribution in [-0.2, 0) is 6.54 Å². The van der Waals surface area contributed by atoms with E-state index in [1.807, 2.05) is 18.2 Å². The highest BCUT2D eigenvalue weighted by atomic mass is 16.6. The van der Waals surface area contributed by atoms with Gasteiger partial charge < -0.3 is 20.1 Å². The van der Waals surface area contributed by atoms with Crippen molar-refractivity contribution in [3.63, 3.8) is 0 Å². The lowest BCUT2D eigenvalue weighted by atomic mass is 10.2. The van der Waals surface area contributed by atoms with E-state index in [1.165, 1.54) is 0 Å². The number of hydrogen-bond donors (Lipinski definition) is 2.